The molecule has 4 aromatic rings. The molecule has 0 aliphatic heterocycles. The molecular formula is C34H35F2NO. The van der Waals surface area contributed by atoms with Gasteiger partial charge in [-0.05, 0) is 115 Å². The van der Waals surface area contributed by atoms with E-state index in [2.05, 4.69) is 63.7 Å². The number of halogens is 2. The lowest BCUT2D eigenvalue weighted by Crippen LogP contribution is -2.11. The summed E-state index contributed by atoms with van der Waals surface area (Å²) in [6, 6.07) is 14.6. The normalized spacial score (nSPS) is 14.0. The number of aryl methyl sites for hydroxylation is 2. The summed E-state index contributed by atoms with van der Waals surface area (Å²) in [5.41, 5.74) is 12.3. The van der Waals surface area contributed by atoms with Crippen LogP contribution in [-0.4, -0.2) is 12.6 Å². The van der Waals surface area contributed by atoms with Crippen molar-refractivity contribution >= 4 is 45.9 Å². The Morgan fingerprint density at radius 1 is 1.11 bits per heavy atom. The van der Waals surface area contributed by atoms with E-state index in [-0.39, 0.29) is 6.42 Å². The van der Waals surface area contributed by atoms with Crippen molar-refractivity contribution in [3.63, 3.8) is 0 Å². The number of nitrogens with zero attached hydrogens (tertiary/aromatic N) is 1. The van der Waals surface area contributed by atoms with Crippen LogP contribution in [-0.2, 0) is 12.8 Å². The third kappa shape index (κ3) is 4.84. The number of fused-ring (bicyclic) bond motifs is 4. The summed E-state index contributed by atoms with van der Waals surface area (Å²) in [5.74, 6) is -2.27. The first kappa shape index (κ1) is 26.1. The quantitative estimate of drug-likeness (QED) is 0.216. The first-order chi connectivity index (χ1) is 18.1. The smallest absolute Gasteiger partial charge is 0.245 e. The molecule has 4 heteroatoms. The lowest BCUT2D eigenvalue weighted by atomic mass is 9.88. The molecule has 3 aromatic carbocycles. The van der Waals surface area contributed by atoms with E-state index < -0.39 is 5.92 Å². The van der Waals surface area contributed by atoms with Gasteiger partial charge in [0.1, 0.15) is 11.2 Å². The standard InChI is InChI=1S/C34H35F2NO/c1-20(2)15-27-28-18-23(11-13-34(5,35)36)17-24(12-14-37-6)26(28)19-29(27)32-22(4)21(3)16-30-25-9-7-8-10-31(25)38-33(30)32/h7-10,12,14,16-18,20H,6,11,13,15,19H2,1-5H3/b14-12-. The average Bonchev–Trinajstić information content (AvgIpc) is 3.39. The van der Waals surface area contributed by atoms with Crippen LogP contribution in [0.25, 0.3) is 39.2 Å². The molecule has 0 amide bonds. The van der Waals surface area contributed by atoms with Gasteiger partial charge in [-0.2, -0.15) is 0 Å². The summed E-state index contributed by atoms with van der Waals surface area (Å²) in [5, 5.41) is 2.25. The second-order valence-corrected chi connectivity index (χ2v) is 11.2. The molecule has 0 bridgehead atoms. The summed E-state index contributed by atoms with van der Waals surface area (Å²) >= 11 is 0. The third-order valence-electron chi connectivity index (χ3n) is 7.70. The van der Waals surface area contributed by atoms with Crippen molar-refractivity contribution in [1.29, 1.82) is 0 Å². The summed E-state index contributed by atoms with van der Waals surface area (Å²) < 4.78 is 34.1. The van der Waals surface area contributed by atoms with Crippen molar-refractivity contribution in [2.45, 2.75) is 66.2 Å². The number of allylic oxidation sites excluding steroid dienone is 2. The zero-order chi connectivity index (χ0) is 27.2. The first-order valence-corrected chi connectivity index (χ1v) is 13.4. The zero-order valence-corrected chi connectivity index (χ0v) is 22.9. The van der Waals surface area contributed by atoms with E-state index in [4.69, 9.17) is 4.42 Å². The molecule has 0 saturated carbocycles. The predicted molar refractivity (Wildman–Crippen MR) is 157 cm³/mol. The highest BCUT2D eigenvalue weighted by atomic mass is 19.3. The van der Waals surface area contributed by atoms with Gasteiger partial charge in [0, 0.05) is 29.0 Å². The van der Waals surface area contributed by atoms with Crippen molar-refractivity contribution in [3.8, 4) is 0 Å². The number of rotatable bonds is 8. The van der Waals surface area contributed by atoms with Crippen molar-refractivity contribution in [2.24, 2.45) is 10.9 Å². The van der Waals surface area contributed by atoms with E-state index in [1.54, 1.807) is 6.20 Å². The molecule has 38 heavy (non-hydrogen) atoms. The highest BCUT2D eigenvalue weighted by Gasteiger charge is 2.30. The Bertz CT molecular complexity index is 1610. The Labute approximate surface area is 223 Å². The van der Waals surface area contributed by atoms with Crippen LogP contribution in [0, 0.1) is 19.8 Å². The molecule has 0 N–H and O–H groups in total. The maximum absolute atomic E-state index is 13.8. The van der Waals surface area contributed by atoms with Gasteiger partial charge in [0.25, 0.3) is 0 Å². The SMILES string of the molecule is C=N/C=C\c1cc(CCC(C)(F)F)cc2c1CC(c1c(C)c(C)cc3c1oc1ccccc13)=C2CC(C)C. The second kappa shape index (κ2) is 9.98. The molecule has 0 saturated heterocycles. The van der Waals surface area contributed by atoms with Crippen molar-refractivity contribution in [2.75, 3.05) is 0 Å². The van der Waals surface area contributed by atoms with Crippen LogP contribution >= 0.6 is 0 Å². The van der Waals surface area contributed by atoms with Gasteiger partial charge in [-0.15, -0.1) is 0 Å². The molecule has 5 rings (SSSR count). The molecule has 1 aliphatic carbocycles. The van der Waals surface area contributed by atoms with Crippen molar-refractivity contribution in [3.05, 3.63) is 87.6 Å². The lowest BCUT2D eigenvalue weighted by Gasteiger charge is -2.16. The van der Waals surface area contributed by atoms with Crippen LogP contribution in [0.1, 0.15) is 72.6 Å². The number of benzene rings is 3. The molecule has 0 atom stereocenters. The molecule has 1 aromatic heterocycles. The molecule has 196 valence electrons. The van der Waals surface area contributed by atoms with Gasteiger partial charge in [0.05, 0.1) is 0 Å². The zero-order valence-electron chi connectivity index (χ0n) is 22.9. The van der Waals surface area contributed by atoms with E-state index in [1.807, 2.05) is 24.3 Å². The minimum atomic E-state index is -2.70. The van der Waals surface area contributed by atoms with Crippen LogP contribution < -0.4 is 0 Å². The first-order valence-electron chi connectivity index (χ1n) is 13.4. The molecule has 2 nitrogen and oxygen atoms in total. The van der Waals surface area contributed by atoms with E-state index in [1.165, 1.54) is 39.0 Å². The minimum absolute atomic E-state index is 0.179. The van der Waals surface area contributed by atoms with Crippen molar-refractivity contribution in [1.82, 2.24) is 0 Å². The van der Waals surface area contributed by atoms with E-state index in [0.717, 1.165) is 52.8 Å². The maximum atomic E-state index is 13.8. The van der Waals surface area contributed by atoms with E-state index in [0.29, 0.717) is 12.3 Å². The Balaban J connectivity index is 1.77. The summed E-state index contributed by atoms with van der Waals surface area (Å²) in [7, 11) is 0. The summed E-state index contributed by atoms with van der Waals surface area (Å²) in [6.45, 7) is 13.4. The maximum Gasteiger partial charge on any atom is 0.245 e. The molecule has 1 aliphatic rings. The van der Waals surface area contributed by atoms with Gasteiger partial charge < -0.3 is 4.42 Å². The van der Waals surface area contributed by atoms with E-state index in [9.17, 15) is 8.78 Å². The Morgan fingerprint density at radius 2 is 1.87 bits per heavy atom. The highest BCUT2D eigenvalue weighted by molar-refractivity contribution is 6.12. The molecule has 0 radical (unpaired) electrons. The van der Waals surface area contributed by atoms with Crippen LogP contribution in [0.2, 0.25) is 0 Å². The predicted octanol–water partition coefficient (Wildman–Crippen LogP) is 9.97. The molecule has 1 heterocycles. The van der Waals surface area contributed by atoms with Gasteiger partial charge in [-0.3, -0.25) is 4.99 Å². The van der Waals surface area contributed by atoms with Gasteiger partial charge in [0.2, 0.25) is 5.92 Å². The Kier molecular flexibility index (Phi) is 6.85. The lowest BCUT2D eigenvalue weighted by molar-refractivity contribution is 0.0133. The van der Waals surface area contributed by atoms with Gasteiger partial charge >= 0.3 is 0 Å². The fourth-order valence-corrected chi connectivity index (χ4v) is 5.79. The summed E-state index contributed by atoms with van der Waals surface area (Å²) in [4.78, 5) is 3.93. The number of furan rings is 1. The molecule has 0 fully saturated rings. The monoisotopic (exact) mass is 511 g/mol. The number of hydrogen-bond acceptors (Lipinski definition) is 2. The van der Waals surface area contributed by atoms with Crippen LogP contribution in [0.4, 0.5) is 8.78 Å². The number of alkyl halides is 2. The van der Waals surface area contributed by atoms with Gasteiger partial charge in [-0.1, -0.05) is 44.2 Å². The molecule has 0 unspecified atom stereocenters. The number of aliphatic imine (C=N–C) groups is 1. The second-order valence-electron chi connectivity index (χ2n) is 11.2. The number of para-hydroxylation sites is 1. The largest absolute Gasteiger partial charge is 0.455 e. The Hall–Kier alpha value is -3.53. The van der Waals surface area contributed by atoms with Gasteiger partial charge in [0.15, 0.2) is 0 Å². The molecule has 0 spiro atoms. The average molecular weight is 512 g/mol. The number of hydrogen-bond donors (Lipinski definition) is 0. The fourth-order valence-electron chi connectivity index (χ4n) is 5.79. The topological polar surface area (TPSA) is 25.5 Å². The highest BCUT2D eigenvalue weighted by Crippen LogP contribution is 2.48. The van der Waals surface area contributed by atoms with E-state index >= 15 is 0 Å². The van der Waals surface area contributed by atoms with Crippen LogP contribution in [0.5, 0.6) is 0 Å². The molecular weight excluding hydrogens is 476 g/mol. The Morgan fingerprint density at radius 3 is 2.58 bits per heavy atom. The van der Waals surface area contributed by atoms with Crippen LogP contribution in [0.15, 0.2) is 58.1 Å². The third-order valence-corrected chi connectivity index (χ3v) is 7.70. The fraction of sp³-hybridized carbons (Fsp3) is 0.324. The van der Waals surface area contributed by atoms with Crippen LogP contribution in [0.3, 0.4) is 0 Å². The van der Waals surface area contributed by atoms with Crippen molar-refractivity contribution < 1.29 is 13.2 Å². The summed E-state index contributed by atoms with van der Waals surface area (Å²) in [6.07, 6.45) is 5.43. The minimum Gasteiger partial charge on any atom is -0.455 e. The van der Waals surface area contributed by atoms with Gasteiger partial charge in [-0.25, -0.2) is 8.78 Å².